The molecule has 100 valence electrons. The molecule has 1 aromatic heterocycles. The van der Waals surface area contributed by atoms with Crippen LogP contribution in [-0.4, -0.2) is 32.7 Å². The minimum absolute atomic E-state index is 0.258. The number of hydrogen-bond donors (Lipinski definition) is 3. The van der Waals surface area contributed by atoms with Crippen LogP contribution in [0.2, 0.25) is 0 Å². The second kappa shape index (κ2) is 6.63. The van der Waals surface area contributed by atoms with E-state index in [1.165, 1.54) is 0 Å². The van der Waals surface area contributed by atoms with Gasteiger partial charge in [0.05, 0.1) is 6.54 Å². The normalized spacial score (nSPS) is 11.9. The van der Waals surface area contributed by atoms with Crippen LogP contribution >= 0.6 is 0 Å². The first-order valence-electron chi connectivity index (χ1n) is 5.78. The van der Waals surface area contributed by atoms with E-state index in [4.69, 9.17) is 5.11 Å². The van der Waals surface area contributed by atoms with Gasteiger partial charge in [-0.1, -0.05) is 13.3 Å². The largest absolute Gasteiger partial charge is 0.480 e. The number of imidazole rings is 1. The number of carbonyl (C=O) groups excluding carboxylic acids is 1. The third-order valence-corrected chi connectivity index (χ3v) is 2.51. The number of urea groups is 1. The van der Waals surface area contributed by atoms with Crippen LogP contribution in [0.15, 0.2) is 12.4 Å². The van der Waals surface area contributed by atoms with E-state index < -0.39 is 18.0 Å². The molecule has 0 spiro atoms. The second-order valence-corrected chi connectivity index (χ2v) is 3.96. The molecule has 0 aliphatic heterocycles. The van der Waals surface area contributed by atoms with Gasteiger partial charge in [-0.25, -0.2) is 14.6 Å². The molecule has 0 bridgehead atoms. The topological polar surface area (TPSA) is 96.3 Å². The lowest BCUT2D eigenvalue weighted by molar-refractivity contribution is -0.139. The van der Waals surface area contributed by atoms with E-state index in [1.807, 2.05) is 14.0 Å². The molecule has 1 aromatic rings. The zero-order valence-corrected chi connectivity index (χ0v) is 10.5. The molecule has 18 heavy (non-hydrogen) atoms. The highest BCUT2D eigenvalue weighted by molar-refractivity contribution is 5.82. The lowest BCUT2D eigenvalue weighted by atomic mass is 10.2. The summed E-state index contributed by atoms with van der Waals surface area (Å²) >= 11 is 0. The maximum absolute atomic E-state index is 11.5. The number of carboxylic acid groups (broad SMARTS) is 1. The number of rotatable bonds is 6. The molecule has 0 fully saturated rings. The molecule has 0 saturated heterocycles. The fourth-order valence-electron chi connectivity index (χ4n) is 1.48. The maximum atomic E-state index is 11.5. The van der Waals surface area contributed by atoms with Crippen LogP contribution in [0.5, 0.6) is 0 Å². The van der Waals surface area contributed by atoms with Gasteiger partial charge in [-0.3, -0.25) is 0 Å². The van der Waals surface area contributed by atoms with E-state index in [1.54, 1.807) is 17.0 Å². The number of nitrogens with zero attached hydrogens (tertiary/aromatic N) is 2. The van der Waals surface area contributed by atoms with Gasteiger partial charge in [-0.15, -0.1) is 0 Å². The highest BCUT2D eigenvalue weighted by atomic mass is 16.4. The fourth-order valence-corrected chi connectivity index (χ4v) is 1.48. The molecule has 0 aliphatic rings. The summed E-state index contributed by atoms with van der Waals surface area (Å²) in [5, 5.41) is 13.9. The Morgan fingerprint density at radius 1 is 1.56 bits per heavy atom. The predicted octanol–water partition coefficient (Wildman–Crippen LogP) is 0.473. The Morgan fingerprint density at radius 2 is 2.28 bits per heavy atom. The van der Waals surface area contributed by atoms with E-state index in [0.717, 1.165) is 0 Å². The van der Waals surface area contributed by atoms with Gasteiger partial charge < -0.3 is 20.3 Å². The summed E-state index contributed by atoms with van der Waals surface area (Å²) in [4.78, 5) is 26.4. The molecular formula is C11H18N4O3. The van der Waals surface area contributed by atoms with E-state index >= 15 is 0 Å². The maximum Gasteiger partial charge on any atom is 0.326 e. The lowest BCUT2D eigenvalue weighted by Gasteiger charge is -2.14. The van der Waals surface area contributed by atoms with E-state index in [9.17, 15) is 9.59 Å². The van der Waals surface area contributed by atoms with Crippen molar-refractivity contribution in [1.29, 1.82) is 0 Å². The van der Waals surface area contributed by atoms with Gasteiger partial charge in [0.25, 0.3) is 0 Å². The Morgan fingerprint density at radius 3 is 2.78 bits per heavy atom. The Bertz CT molecular complexity index is 416. The number of aryl methyl sites for hydroxylation is 1. The minimum Gasteiger partial charge on any atom is -0.480 e. The summed E-state index contributed by atoms with van der Waals surface area (Å²) in [5.74, 6) is -0.323. The quantitative estimate of drug-likeness (QED) is 0.687. The number of hydrogen-bond acceptors (Lipinski definition) is 3. The van der Waals surface area contributed by atoms with Crippen molar-refractivity contribution in [2.24, 2.45) is 7.05 Å². The minimum atomic E-state index is -1.02. The average molecular weight is 254 g/mol. The number of carboxylic acids is 1. The molecule has 0 unspecified atom stereocenters. The summed E-state index contributed by atoms with van der Waals surface area (Å²) < 4.78 is 1.78. The first-order valence-corrected chi connectivity index (χ1v) is 5.78. The number of aromatic nitrogens is 2. The van der Waals surface area contributed by atoms with Crippen LogP contribution in [0, 0.1) is 0 Å². The van der Waals surface area contributed by atoms with Gasteiger partial charge in [0, 0.05) is 19.4 Å². The second-order valence-electron chi connectivity index (χ2n) is 3.96. The monoisotopic (exact) mass is 254 g/mol. The van der Waals surface area contributed by atoms with Crippen LogP contribution in [0.3, 0.4) is 0 Å². The Labute approximate surface area is 105 Å². The lowest BCUT2D eigenvalue weighted by Crippen LogP contribution is -2.45. The van der Waals surface area contributed by atoms with Crippen LogP contribution in [-0.2, 0) is 18.4 Å². The summed E-state index contributed by atoms with van der Waals surface area (Å²) in [7, 11) is 1.82. The predicted molar refractivity (Wildman–Crippen MR) is 64.9 cm³/mol. The third-order valence-electron chi connectivity index (χ3n) is 2.51. The molecule has 0 aliphatic carbocycles. The highest BCUT2D eigenvalue weighted by Crippen LogP contribution is 1.97. The first-order chi connectivity index (χ1) is 8.54. The van der Waals surface area contributed by atoms with E-state index in [0.29, 0.717) is 18.7 Å². The van der Waals surface area contributed by atoms with Gasteiger partial charge >= 0.3 is 12.0 Å². The fraction of sp³-hybridized carbons (Fsp3) is 0.545. The molecule has 7 nitrogen and oxygen atoms in total. The summed E-state index contributed by atoms with van der Waals surface area (Å²) in [5.41, 5.74) is 0. The van der Waals surface area contributed by atoms with Crippen molar-refractivity contribution < 1.29 is 14.7 Å². The number of nitrogens with one attached hydrogen (secondary N) is 2. The van der Waals surface area contributed by atoms with E-state index in [2.05, 4.69) is 15.6 Å². The Hall–Kier alpha value is -2.05. The van der Waals surface area contributed by atoms with Crippen molar-refractivity contribution in [2.45, 2.75) is 32.4 Å². The molecule has 0 radical (unpaired) electrons. The van der Waals surface area contributed by atoms with Crippen LogP contribution in [0.25, 0.3) is 0 Å². The first kappa shape index (κ1) is 14.0. The number of amides is 2. The summed E-state index contributed by atoms with van der Waals surface area (Å²) in [6.07, 6.45) is 4.50. The van der Waals surface area contributed by atoms with Gasteiger partial charge in [0.1, 0.15) is 11.9 Å². The standard InChI is InChI=1S/C11H18N4O3/c1-3-4-8(10(16)17)14-11(18)13-7-9-12-5-6-15(9)2/h5-6,8H,3-4,7H2,1-2H3,(H,16,17)(H2,13,14,18)/t8-/m0/s1. The number of carbonyl (C=O) groups is 2. The molecular weight excluding hydrogens is 236 g/mol. The van der Waals surface area contributed by atoms with Crippen molar-refractivity contribution in [1.82, 2.24) is 20.2 Å². The van der Waals surface area contributed by atoms with Crippen LogP contribution < -0.4 is 10.6 Å². The van der Waals surface area contributed by atoms with Gasteiger partial charge in [-0.2, -0.15) is 0 Å². The van der Waals surface area contributed by atoms with Gasteiger partial charge in [0.2, 0.25) is 0 Å². The zero-order valence-electron chi connectivity index (χ0n) is 10.5. The molecule has 1 rings (SSSR count). The van der Waals surface area contributed by atoms with Crippen molar-refractivity contribution >= 4 is 12.0 Å². The highest BCUT2D eigenvalue weighted by Gasteiger charge is 2.18. The average Bonchev–Trinajstić information content (AvgIpc) is 2.71. The van der Waals surface area contributed by atoms with Gasteiger partial charge in [0.15, 0.2) is 0 Å². The zero-order chi connectivity index (χ0) is 13.5. The van der Waals surface area contributed by atoms with Crippen molar-refractivity contribution in [3.8, 4) is 0 Å². The Balaban J connectivity index is 2.41. The van der Waals surface area contributed by atoms with Crippen LogP contribution in [0.4, 0.5) is 4.79 Å². The molecule has 3 N–H and O–H groups in total. The molecule has 0 aromatic carbocycles. The molecule has 0 saturated carbocycles. The van der Waals surface area contributed by atoms with Crippen molar-refractivity contribution in [2.75, 3.05) is 0 Å². The molecule has 7 heteroatoms. The summed E-state index contributed by atoms with van der Waals surface area (Å²) in [6, 6.07) is -1.35. The van der Waals surface area contributed by atoms with Gasteiger partial charge in [-0.05, 0) is 6.42 Å². The van der Waals surface area contributed by atoms with Crippen molar-refractivity contribution in [3.05, 3.63) is 18.2 Å². The molecule has 2 amide bonds. The smallest absolute Gasteiger partial charge is 0.326 e. The van der Waals surface area contributed by atoms with Crippen LogP contribution in [0.1, 0.15) is 25.6 Å². The third kappa shape index (κ3) is 4.08. The summed E-state index contributed by atoms with van der Waals surface area (Å²) in [6.45, 7) is 2.12. The SMILES string of the molecule is CCC[C@H](NC(=O)NCc1nccn1C)C(=O)O. The molecule has 1 heterocycles. The van der Waals surface area contributed by atoms with Crippen molar-refractivity contribution in [3.63, 3.8) is 0 Å². The van der Waals surface area contributed by atoms with E-state index in [-0.39, 0.29) is 6.54 Å². The number of aliphatic carboxylic acids is 1. The molecule has 1 atom stereocenters. The Kier molecular flexibility index (Phi) is 5.16.